The first-order valence-electron chi connectivity index (χ1n) is 8.27. The fraction of sp³-hybridized carbons (Fsp3) is 0.667. The number of aryl methyl sites for hydroxylation is 1. The minimum atomic E-state index is 0.188. The summed E-state index contributed by atoms with van der Waals surface area (Å²) in [4.78, 5) is 2.73. The number of fused-ring (bicyclic) bond motifs is 1. The van der Waals surface area contributed by atoms with Crippen molar-refractivity contribution < 1.29 is 0 Å². The second-order valence-corrected chi connectivity index (χ2v) is 6.88. The Hall–Kier alpha value is -0.860. The van der Waals surface area contributed by atoms with Crippen molar-refractivity contribution >= 4 is 0 Å². The molecule has 0 saturated carbocycles. The Morgan fingerprint density at radius 3 is 2.75 bits per heavy atom. The molecule has 3 unspecified atom stereocenters. The molecule has 0 spiro atoms. The molecule has 1 fully saturated rings. The van der Waals surface area contributed by atoms with E-state index in [0.29, 0.717) is 6.04 Å². The van der Waals surface area contributed by atoms with Gasteiger partial charge in [0.2, 0.25) is 0 Å². The lowest BCUT2D eigenvalue weighted by Gasteiger charge is -2.38. The standard InChI is InChI=1S/C18H28N2/c1-13(2)16-11-6-12-20(16)17-10-5-8-14-7-3-4-9-15(14)18(17)19/h3-4,7,9,13,16-18H,5-6,8,10-12,19H2,1-2H3. The summed E-state index contributed by atoms with van der Waals surface area (Å²) in [7, 11) is 0. The van der Waals surface area contributed by atoms with E-state index in [2.05, 4.69) is 43.0 Å². The molecule has 3 atom stereocenters. The highest BCUT2D eigenvalue weighted by Gasteiger charge is 2.36. The van der Waals surface area contributed by atoms with Gasteiger partial charge in [-0.25, -0.2) is 0 Å². The third-order valence-electron chi connectivity index (χ3n) is 5.31. The molecule has 0 amide bonds. The maximum atomic E-state index is 6.69. The minimum absolute atomic E-state index is 0.188. The largest absolute Gasteiger partial charge is 0.323 e. The number of rotatable bonds is 2. The van der Waals surface area contributed by atoms with E-state index >= 15 is 0 Å². The van der Waals surface area contributed by atoms with E-state index in [-0.39, 0.29) is 6.04 Å². The van der Waals surface area contributed by atoms with Crippen LogP contribution in [0, 0.1) is 5.92 Å². The molecule has 0 bridgehead atoms. The molecular weight excluding hydrogens is 244 g/mol. The zero-order chi connectivity index (χ0) is 14.1. The number of hydrogen-bond acceptors (Lipinski definition) is 2. The smallest absolute Gasteiger partial charge is 0.0455 e. The van der Waals surface area contributed by atoms with Crippen LogP contribution in [0.3, 0.4) is 0 Å². The maximum Gasteiger partial charge on any atom is 0.0455 e. The van der Waals surface area contributed by atoms with Gasteiger partial charge in [0.1, 0.15) is 0 Å². The van der Waals surface area contributed by atoms with Crippen molar-refractivity contribution in [2.75, 3.05) is 6.54 Å². The first kappa shape index (κ1) is 14.1. The topological polar surface area (TPSA) is 29.3 Å². The van der Waals surface area contributed by atoms with E-state index in [9.17, 15) is 0 Å². The predicted molar refractivity (Wildman–Crippen MR) is 84.7 cm³/mol. The van der Waals surface area contributed by atoms with Crippen LogP contribution in [0.5, 0.6) is 0 Å². The van der Waals surface area contributed by atoms with Crippen LogP contribution >= 0.6 is 0 Å². The van der Waals surface area contributed by atoms with Crippen molar-refractivity contribution in [1.82, 2.24) is 4.90 Å². The lowest BCUT2D eigenvalue weighted by atomic mass is 9.93. The summed E-state index contributed by atoms with van der Waals surface area (Å²) in [5.41, 5.74) is 9.56. The molecule has 1 aliphatic heterocycles. The number of likely N-dealkylation sites (tertiary alicyclic amines) is 1. The summed E-state index contributed by atoms with van der Waals surface area (Å²) in [5.74, 6) is 0.739. The molecule has 2 N–H and O–H groups in total. The van der Waals surface area contributed by atoms with Gasteiger partial charge in [0.15, 0.2) is 0 Å². The summed E-state index contributed by atoms with van der Waals surface area (Å²) in [6.07, 6.45) is 6.41. The quantitative estimate of drug-likeness (QED) is 0.835. The van der Waals surface area contributed by atoms with Crippen LogP contribution in [-0.2, 0) is 6.42 Å². The summed E-state index contributed by atoms with van der Waals surface area (Å²) < 4.78 is 0. The zero-order valence-electron chi connectivity index (χ0n) is 12.9. The highest BCUT2D eigenvalue weighted by Crippen LogP contribution is 2.35. The normalized spacial score (nSPS) is 31.3. The Labute approximate surface area is 123 Å². The molecule has 2 aliphatic rings. The van der Waals surface area contributed by atoms with Gasteiger partial charge < -0.3 is 5.73 Å². The fourth-order valence-corrected chi connectivity index (χ4v) is 4.29. The van der Waals surface area contributed by atoms with Crippen LogP contribution in [0.15, 0.2) is 24.3 Å². The van der Waals surface area contributed by atoms with Crippen molar-refractivity contribution in [3.8, 4) is 0 Å². The molecule has 0 aromatic heterocycles. The molecule has 1 aromatic carbocycles. The van der Waals surface area contributed by atoms with Gasteiger partial charge in [0.25, 0.3) is 0 Å². The molecule has 2 nitrogen and oxygen atoms in total. The summed E-state index contributed by atoms with van der Waals surface area (Å²) in [5, 5.41) is 0. The summed E-state index contributed by atoms with van der Waals surface area (Å²) >= 11 is 0. The van der Waals surface area contributed by atoms with Crippen LogP contribution in [0.4, 0.5) is 0 Å². The lowest BCUT2D eigenvalue weighted by Crippen LogP contribution is -2.46. The molecule has 1 aromatic rings. The number of nitrogens with two attached hydrogens (primary N) is 1. The molecule has 20 heavy (non-hydrogen) atoms. The first-order chi connectivity index (χ1) is 9.68. The minimum Gasteiger partial charge on any atom is -0.323 e. The van der Waals surface area contributed by atoms with Crippen molar-refractivity contribution in [3.63, 3.8) is 0 Å². The third kappa shape index (κ3) is 2.51. The average molecular weight is 272 g/mol. The second kappa shape index (κ2) is 5.87. The van der Waals surface area contributed by atoms with Gasteiger partial charge in [0, 0.05) is 18.1 Å². The average Bonchev–Trinajstić information content (AvgIpc) is 2.86. The van der Waals surface area contributed by atoms with E-state index in [0.717, 1.165) is 12.0 Å². The monoisotopic (exact) mass is 272 g/mol. The third-order valence-corrected chi connectivity index (χ3v) is 5.31. The van der Waals surface area contributed by atoms with Crippen LogP contribution in [-0.4, -0.2) is 23.5 Å². The Kier molecular flexibility index (Phi) is 4.13. The molecule has 1 heterocycles. The van der Waals surface area contributed by atoms with E-state index < -0.39 is 0 Å². The van der Waals surface area contributed by atoms with Crippen molar-refractivity contribution in [3.05, 3.63) is 35.4 Å². The Morgan fingerprint density at radius 1 is 1.15 bits per heavy atom. The maximum absolute atomic E-state index is 6.69. The van der Waals surface area contributed by atoms with E-state index in [1.54, 1.807) is 0 Å². The van der Waals surface area contributed by atoms with Gasteiger partial charge in [-0.3, -0.25) is 4.90 Å². The molecule has 1 saturated heterocycles. The number of nitrogens with zero attached hydrogens (tertiary/aromatic N) is 1. The second-order valence-electron chi connectivity index (χ2n) is 6.88. The number of benzene rings is 1. The van der Waals surface area contributed by atoms with Gasteiger partial charge in [0.05, 0.1) is 0 Å². The first-order valence-corrected chi connectivity index (χ1v) is 8.27. The van der Waals surface area contributed by atoms with Crippen LogP contribution < -0.4 is 5.73 Å². The van der Waals surface area contributed by atoms with Crippen molar-refractivity contribution in [2.24, 2.45) is 11.7 Å². The van der Waals surface area contributed by atoms with E-state index in [4.69, 9.17) is 5.73 Å². The molecule has 1 aliphatic carbocycles. The summed E-state index contributed by atoms with van der Waals surface area (Å²) in [6, 6.07) is 10.3. The van der Waals surface area contributed by atoms with Crippen molar-refractivity contribution in [1.29, 1.82) is 0 Å². The fourth-order valence-electron chi connectivity index (χ4n) is 4.29. The van der Waals surface area contributed by atoms with E-state index in [1.165, 1.54) is 49.8 Å². The predicted octanol–water partition coefficient (Wildman–Crippen LogP) is 3.51. The highest BCUT2D eigenvalue weighted by atomic mass is 15.2. The molecular formula is C18H28N2. The Bertz CT molecular complexity index is 454. The van der Waals surface area contributed by atoms with Gasteiger partial charge in [-0.1, -0.05) is 38.1 Å². The highest BCUT2D eigenvalue weighted by molar-refractivity contribution is 5.32. The number of hydrogen-bond donors (Lipinski definition) is 1. The van der Waals surface area contributed by atoms with Crippen LogP contribution in [0.25, 0.3) is 0 Å². The lowest BCUT2D eigenvalue weighted by molar-refractivity contribution is 0.120. The van der Waals surface area contributed by atoms with Crippen LogP contribution in [0.2, 0.25) is 0 Å². The molecule has 110 valence electrons. The summed E-state index contributed by atoms with van der Waals surface area (Å²) in [6.45, 7) is 5.96. The van der Waals surface area contributed by atoms with Crippen molar-refractivity contribution in [2.45, 2.75) is 64.1 Å². The molecule has 3 rings (SSSR count). The molecule has 0 radical (unpaired) electrons. The van der Waals surface area contributed by atoms with E-state index in [1.807, 2.05) is 0 Å². The Morgan fingerprint density at radius 2 is 1.95 bits per heavy atom. The van der Waals surface area contributed by atoms with Gasteiger partial charge in [-0.15, -0.1) is 0 Å². The zero-order valence-corrected chi connectivity index (χ0v) is 12.9. The molecule has 2 heteroatoms. The Balaban J connectivity index is 1.87. The van der Waals surface area contributed by atoms with Crippen LogP contribution in [0.1, 0.15) is 56.7 Å². The van der Waals surface area contributed by atoms with Gasteiger partial charge in [-0.05, 0) is 55.7 Å². The van der Waals surface area contributed by atoms with Gasteiger partial charge >= 0.3 is 0 Å². The SMILES string of the molecule is CC(C)C1CCCN1C1CCCc2ccccc2C1N. The van der Waals surface area contributed by atoms with Gasteiger partial charge in [-0.2, -0.15) is 0 Å².